The molecule has 222 valence electrons. The normalized spacial score (nSPS) is 22.0. The highest BCUT2D eigenvalue weighted by Gasteiger charge is 2.38. The van der Waals surface area contributed by atoms with Gasteiger partial charge in [-0.1, -0.05) is 12.1 Å². The van der Waals surface area contributed by atoms with E-state index in [0.717, 1.165) is 6.07 Å². The molecule has 5 rings (SSSR count). The number of hydrogen-bond donors (Lipinski definition) is 3. The Morgan fingerprint density at radius 1 is 1.20 bits per heavy atom. The lowest BCUT2D eigenvalue weighted by atomic mass is 9.92. The third-order valence-electron chi connectivity index (χ3n) is 8.31. The number of nitrogens with zero attached hydrogens (tertiary/aromatic N) is 4. The van der Waals surface area contributed by atoms with Gasteiger partial charge in [-0.2, -0.15) is 0 Å². The molecule has 3 aliphatic heterocycles. The quantitative estimate of drug-likeness (QED) is 0.437. The van der Waals surface area contributed by atoms with Crippen LogP contribution in [0.1, 0.15) is 68.6 Å². The number of imide groups is 1. The number of nitrogens with one attached hydrogen (secondary N) is 2. The number of rotatable bonds is 7. The zero-order chi connectivity index (χ0) is 29.3. The van der Waals surface area contributed by atoms with Gasteiger partial charge in [0.1, 0.15) is 18.0 Å². The molecule has 3 aliphatic rings. The van der Waals surface area contributed by atoms with Gasteiger partial charge in [0.25, 0.3) is 0 Å². The summed E-state index contributed by atoms with van der Waals surface area (Å²) >= 11 is 0. The molecule has 3 N–H and O–H groups in total. The first-order valence-corrected chi connectivity index (χ1v) is 14.0. The zero-order valence-corrected chi connectivity index (χ0v) is 23.2. The third-order valence-corrected chi connectivity index (χ3v) is 8.31. The molecule has 13 heteroatoms. The van der Waals surface area contributed by atoms with E-state index in [1.54, 1.807) is 17.2 Å². The van der Waals surface area contributed by atoms with Crippen LogP contribution in [0.5, 0.6) is 0 Å². The number of hydrogen-bond acceptors (Lipinski definition) is 6. The molecule has 2 saturated heterocycles. The lowest BCUT2D eigenvalue weighted by molar-refractivity contribution is -0.118. The third kappa shape index (κ3) is 5.91. The molecule has 0 radical (unpaired) electrons. The Balaban J connectivity index is 1.35. The van der Waals surface area contributed by atoms with Gasteiger partial charge in [-0.05, 0) is 51.2 Å². The fraction of sp³-hybridized carbons (Fsp3) is 0.571. The van der Waals surface area contributed by atoms with Crippen LogP contribution in [0.3, 0.4) is 0 Å². The van der Waals surface area contributed by atoms with Crippen molar-refractivity contribution >= 4 is 18.0 Å². The molecule has 2 atom stereocenters. The highest BCUT2D eigenvalue weighted by molar-refractivity contribution is 6.02. The number of fused-ring (bicyclic) bond motifs is 1. The largest absolute Gasteiger partial charge is 0.394 e. The summed E-state index contributed by atoms with van der Waals surface area (Å²) in [7, 11) is 0. The van der Waals surface area contributed by atoms with Gasteiger partial charge in [0, 0.05) is 31.6 Å². The number of piperidine rings is 1. The van der Waals surface area contributed by atoms with Crippen molar-refractivity contribution in [2.75, 3.05) is 32.8 Å². The van der Waals surface area contributed by atoms with Crippen LogP contribution in [0, 0.1) is 11.6 Å². The van der Waals surface area contributed by atoms with E-state index in [4.69, 9.17) is 4.74 Å². The van der Waals surface area contributed by atoms with Crippen molar-refractivity contribution in [2.45, 2.75) is 69.7 Å². The average Bonchev–Trinajstić information content (AvgIpc) is 3.48. The molecule has 0 spiro atoms. The Bertz CT molecular complexity index is 1310. The number of benzene rings is 1. The monoisotopic (exact) mass is 574 g/mol. The van der Waals surface area contributed by atoms with Crippen LogP contribution in [-0.2, 0) is 21.7 Å². The molecular weight excluding hydrogens is 538 g/mol. The number of carbonyl (C=O) groups is 3. The van der Waals surface area contributed by atoms with Gasteiger partial charge in [-0.3, -0.25) is 10.1 Å². The number of ether oxygens (including phenoxy) is 1. The predicted octanol–water partition coefficient (Wildman–Crippen LogP) is 2.75. The second kappa shape index (κ2) is 11.7. The average molecular weight is 575 g/mol. The molecule has 2 aromatic rings. The van der Waals surface area contributed by atoms with Crippen molar-refractivity contribution in [2.24, 2.45) is 0 Å². The minimum atomic E-state index is -0.909. The number of aliphatic hydroxyl groups is 1. The van der Waals surface area contributed by atoms with Crippen LogP contribution in [0.2, 0.25) is 0 Å². The van der Waals surface area contributed by atoms with Crippen molar-refractivity contribution in [1.29, 1.82) is 0 Å². The van der Waals surface area contributed by atoms with E-state index in [-0.39, 0.29) is 49.2 Å². The van der Waals surface area contributed by atoms with E-state index >= 15 is 0 Å². The second-order valence-corrected chi connectivity index (χ2v) is 11.3. The van der Waals surface area contributed by atoms with E-state index in [9.17, 15) is 28.3 Å². The topological polar surface area (TPSA) is 129 Å². The summed E-state index contributed by atoms with van der Waals surface area (Å²) in [6.45, 7) is 4.83. The molecule has 4 heterocycles. The second-order valence-electron chi connectivity index (χ2n) is 11.3. The summed E-state index contributed by atoms with van der Waals surface area (Å²) in [4.78, 5) is 44.9. The van der Waals surface area contributed by atoms with Crippen LogP contribution in [-0.4, -0.2) is 81.3 Å². The first-order chi connectivity index (χ1) is 19.6. The van der Waals surface area contributed by atoms with Crippen LogP contribution in [0.15, 0.2) is 24.4 Å². The Morgan fingerprint density at radius 3 is 2.63 bits per heavy atom. The molecule has 1 aromatic carbocycles. The summed E-state index contributed by atoms with van der Waals surface area (Å²) in [5.41, 5.74) is 0.120. The maximum atomic E-state index is 14.9. The smallest absolute Gasteiger partial charge is 0.324 e. The molecule has 1 aromatic heterocycles. The maximum Gasteiger partial charge on any atom is 0.324 e. The first kappa shape index (κ1) is 28.9. The number of aromatic nitrogens is 2. The number of carbonyl (C=O) groups excluding carboxylic acids is 3. The van der Waals surface area contributed by atoms with Crippen LogP contribution < -0.4 is 10.6 Å². The molecular formula is C28H36F2N6O5. The number of imidazole rings is 1. The fourth-order valence-corrected chi connectivity index (χ4v) is 6.12. The number of urea groups is 2. The summed E-state index contributed by atoms with van der Waals surface area (Å²) in [5, 5.41) is 14.7. The van der Waals surface area contributed by atoms with E-state index in [2.05, 4.69) is 15.6 Å². The van der Waals surface area contributed by atoms with Gasteiger partial charge in [-0.15, -0.1) is 0 Å². The number of amides is 5. The van der Waals surface area contributed by atoms with Crippen molar-refractivity contribution in [3.63, 3.8) is 0 Å². The van der Waals surface area contributed by atoms with Gasteiger partial charge in [-0.25, -0.2) is 23.4 Å². The van der Waals surface area contributed by atoms with E-state index in [1.807, 2.05) is 18.4 Å². The summed E-state index contributed by atoms with van der Waals surface area (Å²) in [6.07, 6.45) is 3.70. The molecule has 11 nitrogen and oxygen atoms in total. The Morgan fingerprint density at radius 2 is 1.95 bits per heavy atom. The minimum Gasteiger partial charge on any atom is -0.394 e. The van der Waals surface area contributed by atoms with Gasteiger partial charge >= 0.3 is 12.1 Å². The SMILES string of the molecule is CC(C)(OCCO)c1cnc2n1C[C@H](c1cccc(F)c1F)CC[C@H]2NC(=O)N1CCC(N2CC(=O)NC2=O)CC1. The van der Waals surface area contributed by atoms with Gasteiger partial charge in [0.15, 0.2) is 11.6 Å². The number of halogens is 2. The number of aliphatic hydroxyl groups excluding tert-OH is 1. The highest BCUT2D eigenvalue weighted by atomic mass is 19.2. The zero-order valence-electron chi connectivity index (χ0n) is 23.2. The molecule has 0 bridgehead atoms. The lowest BCUT2D eigenvalue weighted by Crippen LogP contribution is -2.50. The molecule has 0 unspecified atom stereocenters. The van der Waals surface area contributed by atoms with E-state index < -0.39 is 29.3 Å². The molecule has 5 amide bonds. The Hall–Kier alpha value is -3.58. The minimum absolute atomic E-state index is 0.0359. The van der Waals surface area contributed by atoms with Crippen LogP contribution >= 0.6 is 0 Å². The standard InChI is InChI=1S/C28H36F2N6O5/c1-28(2,41-13-12-37)22-14-31-25-21(7-6-17(15-36(22)25)19-4-3-5-20(29)24(19)30)32-26(39)34-10-8-18(9-11-34)35-16-23(38)33-27(35)40/h3-5,14,17-18,21,37H,6-13,15-16H2,1-2H3,(H,32,39)(H,33,38,40)/t17-,21-/m1/s1. The van der Waals surface area contributed by atoms with Crippen LogP contribution in [0.4, 0.5) is 18.4 Å². The Kier molecular flexibility index (Phi) is 8.28. The molecule has 41 heavy (non-hydrogen) atoms. The van der Waals surface area contributed by atoms with E-state index in [0.29, 0.717) is 56.8 Å². The number of likely N-dealkylation sites (tertiary alicyclic amines) is 1. The van der Waals surface area contributed by atoms with Gasteiger partial charge in [0.05, 0.1) is 31.1 Å². The molecule has 0 saturated carbocycles. The fourth-order valence-electron chi connectivity index (χ4n) is 6.12. The summed E-state index contributed by atoms with van der Waals surface area (Å²) < 4.78 is 36.9. The van der Waals surface area contributed by atoms with Gasteiger partial charge < -0.3 is 29.5 Å². The summed E-state index contributed by atoms with van der Waals surface area (Å²) in [5.74, 6) is -1.89. The predicted molar refractivity (Wildman–Crippen MR) is 143 cm³/mol. The van der Waals surface area contributed by atoms with E-state index in [1.165, 1.54) is 11.0 Å². The highest BCUT2D eigenvalue weighted by Crippen LogP contribution is 2.38. The summed E-state index contributed by atoms with van der Waals surface area (Å²) in [6, 6.07) is 2.89. The lowest BCUT2D eigenvalue weighted by Gasteiger charge is -2.36. The van der Waals surface area contributed by atoms with Crippen molar-refractivity contribution in [3.05, 3.63) is 53.1 Å². The maximum absolute atomic E-state index is 14.9. The van der Waals surface area contributed by atoms with Crippen LogP contribution in [0.25, 0.3) is 0 Å². The van der Waals surface area contributed by atoms with Crippen molar-refractivity contribution in [1.82, 2.24) is 30.0 Å². The first-order valence-electron chi connectivity index (χ1n) is 14.0. The van der Waals surface area contributed by atoms with Gasteiger partial charge in [0.2, 0.25) is 5.91 Å². The van der Waals surface area contributed by atoms with Crippen molar-refractivity contribution < 1.29 is 33.0 Å². The van der Waals surface area contributed by atoms with Crippen molar-refractivity contribution in [3.8, 4) is 0 Å². The molecule has 0 aliphatic carbocycles. The molecule has 2 fully saturated rings. The Labute approximate surface area is 236 Å².